The highest BCUT2D eigenvalue weighted by atomic mass is 16.5. The Morgan fingerprint density at radius 2 is 1.80 bits per heavy atom. The number of aliphatic hydroxyl groups is 2. The Balaban J connectivity index is 4.25. The van der Waals surface area contributed by atoms with Crippen molar-refractivity contribution in [1.29, 1.82) is 0 Å². The normalized spacial score (nSPS) is 12.8. The first-order valence-corrected chi connectivity index (χ1v) is 5.44. The molecule has 0 saturated heterocycles. The van der Waals surface area contributed by atoms with Gasteiger partial charge in [-0.05, 0) is 13.8 Å². The summed E-state index contributed by atoms with van der Waals surface area (Å²) in [6, 6.07) is 0.387. The van der Waals surface area contributed by atoms with Gasteiger partial charge in [-0.25, -0.2) is 0 Å². The van der Waals surface area contributed by atoms with Crippen molar-refractivity contribution in [2.75, 3.05) is 40.0 Å². The molecular formula is C11H25NO3. The predicted molar refractivity (Wildman–Crippen MR) is 60.9 cm³/mol. The number of hydrogen-bond donors (Lipinski definition) is 2. The van der Waals surface area contributed by atoms with Gasteiger partial charge >= 0.3 is 0 Å². The summed E-state index contributed by atoms with van der Waals surface area (Å²) in [5.74, 6) is 0. The second-order valence-electron chi connectivity index (χ2n) is 4.68. The minimum atomic E-state index is -0.433. The van der Waals surface area contributed by atoms with Crippen LogP contribution in [0.2, 0.25) is 0 Å². The molecule has 0 aliphatic heterocycles. The maximum Gasteiger partial charge on any atom is 0.0589 e. The topological polar surface area (TPSA) is 52.9 Å². The van der Waals surface area contributed by atoms with Crippen molar-refractivity contribution in [3.63, 3.8) is 0 Å². The van der Waals surface area contributed by atoms with Gasteiger partial charge in [0.1, 0.15) is 0 Å². The first kappa shape index (κ1) is 14.8. The Bertz CT molecular complexity index is 158. The third-order valence-corrected chi connectivity index (χ3v) is 2.66. The van der Waals surface area contributed by atoms with Crippen LogP contribution in [-0.4, -0.2) is 61.2 Å². The van der Waals surface area contributed by atoms with E-state index in [1.165, 1.54) is 0 Å². The molecule has 0 rings (SSSR count). The first-order chi connectivity index (χ1) is 6.99. The lowest BCUT2D eigenvalue weighted by atomic mass is 9.92. The van der Waals surface area contributed by atoms with Gasteiger partial charge in [-0.15, -0.1) is 0 Å². The fourth-order valence-electron chi connectivity index (χ4n) is 1.37. The van der Waals surface area contributed by atoms with Gasteiger partial charge < -0.3 is 14.9 Å². The Morgan fingerprint density at radius 1 is 1.27 bits per heavy atom. The van der Waals surface area contributed by atoms with E-state index < -0.39 is 5.41 Å². The van der Waals surface area contributed by atoms with Crippen LogP contribution in [0.4, 0.5) is 0 Å². The summed E-state index contributed by atoms with van der Waals surface area (Å²) in [4.78, 5) is 2.20. The lowest BCUT2D eigenvalue weighted by Gasteiger charge is -2.35. The molecule has 0 aromatic heterocycles. The second-order valence-corrected chi connectivity index (χ2v) is 4.68. The van der Waals surface area contributed by atoms with E-state index in [1.54, 1.807) is 7.11 Å². The third kappa shape index (κ3) is 5.47. The van der Waals surface area contributed by atoms with Crippen LogP contribution in [0.3, 0.4) is 0 Å². The monoisotopic (exact) mass is 219 g/mol. The Kier molecular flexibility index (Phi) is 7.09. The number of aliphatic hydroxyl groups excluding tert-OH is 2. The van der Waals surface area contributed by atoms with E-state index in [1.807, 2.05) is 6.92 Å². The van der Waals surface area contributed by atoms with Crippen LogP contribution < -0.4 is 0 Å². The van der Waals surface area contributed by atoms with E-state index in [4.69, 9.17) is 4.74 Å². The molecule has 0 aromatic carbocycles. The van der Waals surface area contributed by atoms with Crippen LogP contribution in [0.25, 0.3) is 0 Å². The van der Waals surface area contributed by atoms with E-state index in [0.717, 1.165) is 6.54 Å². The Morgan fingerprint density at radius 3 is 2.13 bits per heavy atom. The molecule has 0 saturated carbocycles. The van der Waals surface area contributed by atoms with Crippen LogP contribution in [0.15, 0.2) is 0 Å². The molecule has 0 heterocycles. The largest absolute Gasteiger partial charge is 0.396 e. The summed E-state index contributed by atoms with van der Waals surface area (Å²) in [6.45, 7) is 8.26. The zero-order chi connectivity index (χ0) is 11.9. The molecule has 0 aromatic rings. The van der Waals surface area contributed by atoms with Gasteiger partial charge in [-0.1, -0.05) is 6.92 Å². The summed E-state index contributed by atoms with van der Waals surface area (Å²) in [6.07, 6.45) is 0. The van der Waals surface area contributed by atoms with Crippen LogP contribution in [0.5, 0.6) is 0 Å². The van der Waals surface area contributed by atoms with E-state index >= 15 is 0 Å². The zero-order valence-corrected chi connectivity index (χ0v) is 10.4. The van der Waals surface area contributed by atoms with Gasteiger partial charge in [-0.3, -0.25) is 4.90 Å². The van der Waals surface area contributed by atoms with Crippen molar-refractivity contribution in [2.24, 2.45) is 5.41 Å². The molecule has 4 heteroatoms. The summed E-state index contributed by atoms with van der Waals surface area (Å²) < 4.78 is 5.04. The predicted octanol–water partition coefficient (Wildman–Crippen LogP) is 0.334. The smallest absolute Gasteiger partial charge is 0.0589 e. The molecule has 4 nitrogen and oxygen atoms in total. The lowest BCUT2D eigenvalue weighted by Crippen LogP contribution is -2.45. The number of rotatable bonds is 8. The van der Waals surface area contributed by atoms with Crippen molar-refractivity contribution in [1.82, 2.24) is 4.90 Å². The standard InChI is InChI=1S/C11H25NO3/c1-10(2)12(5-6-15-4)7-11(3,8-13)9-14/h10,13-14H,5-9H2,1-4H3. The van der Waals surface area contributed by atoms with Crippen molar-refractivity contribution in [3.05, 3.63) is 0 Å². The molecule has 0 aliphatic carbocycles. The van der Waals surface area contributed by atoms with E-state index in [9.17, 15) is 10.2 Å². The molecule has 0 atom stereocenters. The number of hydrogen-bond acceptors (Lipinski definition) is 4. The molecule has 2 N–H and O–H groups in total. The van der Waals surface area contributed by atoms with Crippen LogP contribution >= 0.6 is 0 Å². The summed E-state index contributed by atoms with van der Waals surface area (Å²) in [5.41, 5.74) is -0.433. The average Bonchev–Trinajstić information content (AvgIpc) is 2.23. The highest BCUT2D eigenvalue weighted by Gasteiger charge is 2.26. The van der Waals surface area contributed by atoms with Crippen molar-refractivity contribution < 1.29 is 14.9 Å². The summed E-state index contributed by atoms with van der Waals surface area (Å²) in [5, 5.41) is 18.4. The molecule has 0 unspecified atom stereocenters. The van der Waals surface area contributed by atoms with Crippen molar-refractivity contribution in [2.45, 2.75) is 26.8 Å². The van der Waals surface area contributed by atoms with Crippen LogP contribution in [0.1, 0.15) is 20.8 Å². The van der Waals surface area contributed by atoms with E-state index in [-0.39, 0.29) is 13.2 Å². The Hall–Kier alpha value is -0.160. The minimum Gasteiger partial charge on any atom is -0.396 e. The third-order valence-electron chi connectivity index (χ3n) is 2.66. The molecule has 92 valence electrons. The number of nitrogens with zero attached hydrogens (tertiary/aromatic N) is 1. The van der Waals surface area contributed by atoms with Gasteiger partial charge in [0.2, 0.25) is 0 Å². The molecule has 0 spiro atoms. The van der Waals surface area contributed by atoms with Gasteiger partial charge in [0.15, 0.2) is 0 Å². The van der Waals surface area contributed by atoms with E-state index in [2.05, 4.69) is 18.7 Å². The van der Waals surface area contributed by atoms with Crippen molar-refractivity contribution in [3.8, 4) is 0 Å². The second kappa shape index (κ2) is 7.17. The highest BCUT2D eigenvalue weighted by molar-refractivity contribution is 4.78. The molecular weight excluding hydrogens is 194 g/mol. The summed E-state index contributed by atoms with van der Waals surface area (Å²) >= 11 is 0. The van der Waals surface area contributed by atoms with Gasteiger partial charge in [-0.2, -0.15) is 0 Å². The van der Waals surface area contributed by atoms with Gasteiger partial charge in [0, 0.05) is 31.7 Å². The zero-order valence-electron chi connectivity index (χ0n) is 10.4. The maximum absolute atomic E-state index is 9.22. The van der Waals surface area contributed by atoms with Gasteiger partial charge in [0.25, 0.3) is 0 Å². The maximum atomic E-state index is 9.22. The first-order valence-electron chi connectivity index (χ1n) is 5.44. The molecule has 0 bridgehead atoms. The molecule has 15 heavy (non-hydrogen) atoms. The fourth-order valence-corrected chi connectivity index (χ4v) is 1.37. The highest BCUT2D eigenvalue weighted by Crippen LogP contribution is 2.17. The minimum absolute atomic E-state index is 0.000295. The number of methoxy groups -OCH3 is 1. The van der Waals surface area contributed by atoms with Crippen LogP contribution in [-0.2, 0) is 4.74 Å². The fraction of sp³-hybridized carbons (Fsp3) is 1.00. The Labute approximate surface area is 92.9 Å². The molecule has 0 amide bonds. The molecule has 0 aliphatic rings. The SMILES string of the molecule is COCCN(CC(C)(CO)CO)C(C)C. The van der Waals surface area contributed by atoms with Crippen LogP contribution in [0, 0.1) is 5.41 Å². The average molecular weight is 219 g/mol. The molecule has 0 radical (unpaired) electrons. The summed E-state index contributed by atoms with van der Waals surface area (Å²) in [7, 11) is 1.68. The number of ether oxygens (including phenoxy) is 1. The van der Waals surface area contributed by atoms with Crippen molar-refractivity contribution >= 4 is 0 Å². The van der Waals surface area contributed by atoms with E-state index in [0.29, 0.717) is 19.2 Å². The quantitative estimate of drug-likeness (QED) is 0.618. The lowest BCUT2D eigenvalue weighted by molar-refractivity contribution is 0.0178. The van der Waals surface area contributed by atoms with Gasteiger partial charge in [0.05, 0.1) is 19.8 Å². The molecule has 0 fully saturated rings.